The second-order valence-electron chi connectivity index (χ2n) is 7.26. The Hall–Kier alpha value is -1.66. The van der Waals surface area contributed by atoms with Gasteiger partial charge in [-0.2, -0.15) is 0 Å². The van der Waals surface area contributed by atoms with E-state index < -0.39 is 0 Å². The summed E-state index contributed by atoms with van der Waals surface area (Å²) in [5.41, 5.74) is 2.69. The van der Waals surface area contributed by atoms with Crippen LogP contribution in [0.1, 0.15) is 57.4 Å². The highest BCUT2D eigenvalue weighted by Crippen LogP contribution is 2.31. The molecule has 154 valence electrons. The minimum absolute atomic E-state index is 0.173. The van der Waals surface area contributed by atoms with Crippen molar-refractivity contribution in [2.45, 2.75) is 58.4 Å². The molecule has 0 saturated heterocycles. The molecule has 0 aliphatic heterocycles. The van der Waals surface area contributed by atoms with E-state index in [4.69, 9.17) is 4.98 Å². The number of phenols is 1. The maximum Gasteiger partial charge on any atom is 0.230 e. The number of unbranched alkanes of at least 4 members (excludes halogenated alkanes) is 6. The van der Waals surface area contributed by atoms with Gasteiger partial charge >= 0.3 is 0 Å². The van der Waals surface area contributed by atoms with Crippen molar-refractivity contribution < 1.29 is 5.11 Å². The van der Waals surface area contributed by atoms with E-state index in [1.54, 1.807) is 6.21 Å². The number of nitrogens with zero attached hydrogens (tertiary/aromatic N) is 3. The number of aromatic nitrogens is 2. The van der Waals surface area contributed by atoms with E-state index >= 15 is 0 Å². The van der Waals surface area contributed by atoms with Crippen molar-refractivity contribution in [2.24, 2.45) is 4.99 Å². The molecule has 4 nitrogen and oxygen atoms in total. The third kappa shape index (κ3) is 5.92. The molecular weight excluding hydrogens is 494 g/mol. The second-order valence-corrected chi connectivity index (χ2v) is 9.03. The van der Waals surface area contributed by atoms with Crippen LogP contribution in [0.3, 0.4) is 0 Å². The van der Waals surface area contributed by atoms with E-state index in [1.807, 2.05) is 30.3 Å². The molecule has 0 atom stereocenters. The van der Waals surface area contributed by atoms with E-state index in [9.17, 15) is 5.11 Å². The number of fused-ring (bicyclic) bond motifs is 1. The molecule has 29 heavy (non-hydrogen) atoms. The predicted molar refractivity (Wildman–Crippen MR) is 128 cm³/mol. The third-order valence-corrected chi connectivity index (χ3v) is 6.06. The van der Waals surface area contributed by atoms with E-state index in [1.165, 1.54) is 38.5 Å². The number of hydrogen-bond acceptors (Lipinski definition) is 3. The average molecular weight is 521 g/mol. The van der Waals surface area contributed by atoms with Crippen molar-refractivity contribution in [3.63, 3.8) is 0 Å². The van der Waals surface area contributed by atoms with E-state index in [2.05, 4.69) is 54.4 Å². The maximum absolute atomic E-state index is 10.3. The Kier molecular flexibility index (Phi) is 8.30. The molecule has 0 amide bonds. The van der Waals surface area contributed by atoms with Crippen LogP contribution < -0.4 is 0 Å². The monoisotopic (exact) mass is 519 g/mol. The largest absolute Gasteiger partial charge is 0.506 e. The molecular formula is C23H27Br2N3O. The molecule has 0 radical (unpaired) electrons. The van der Waals surface area contributed by atoms with Gasteiger partial charge in [-0.1, -0.05) is 73.5 Å². The highest BCUT2D eigenvalue weighted by Gasteiger charge is 2.10. The van der Waals surface area contributed by atoms with Crippen molar-refractivity contribution in [3.8, 4) is 5.75 Å². The zero-order valence-corrected chi connectivity index (χ0v) is 19.9. The summed E-state index contributed by atoms with van der Waals surface area (Å²) in [5.74, 6) is 0.847. The molecule has 0 aliphatic carbocycles. The van der Waals surface area contributed by atoms with Gasteiger partial charge in [-0.05, 0) is 46.6 Å². The lowest BCUT2D eigenvalue weighted by Gasteiger charge is -2.07. The number of phenolic OH excluding ortho intramolecular Hbond substituents is 1. The average Bonchev–Trinajstić information content (AvgIpc) is 3.06. The summed E-state index contributed by atoms with van der Waals surface area (Å²) in [6.07, 6.45) is 10.6. The first-order valence-corrected chi connectivity index (χ1v) is 11.9. The molecule has 0 aliphatic rings. The van der Waals surface area contributed by atoms with E-state index in [0.717, 1.165) is 28.5 Å². The Morgan fingerprint density at radius 1 is 1.03 bits per heavy atom. The second kappa shape index (κ2) is 10.9. The molecule has 1 N–H and O–H groups in total. The van der Waals surface area contributed by atoms with Crippen molar-refractivity contribution in [3.05, 3.63) is 50.9 Å². The molecule has 1 heterocycles. The fraction of sp³-hybridized carbons (Fsp3) is 0.391. The van der Waals surface area contributed by atoms with Crippen LogP contribution in [-0.4, -0.2) is 20.9 Å². The van der Waals surface area contributed by atoms with E-state index in [0.29, 0.717) is 16.0 Å². The first kappa shape index (κ1) is 22.0. The van der Waals surface area contributed by atoms with Crippen LogP contribution in [-0.2, 0) is 6.54 Å². The van der Waals surface area contributed by atoms with Crippen LogP contribution in [0.5, 0.6) is 5.75 Å². The molecule has 0 bridgehead atoms. The number of imidazole rings is 1. The fourth-order valence-electron chi connectivity index (χ4n) is 3.42. The summed E-state index contributed by atoms with van der Waals surface area (Å²) in [6.45, 7) is 3.15. The fourth-order valence-corrected chi connectivity index (χ4v) is 4.68. The van der Waals surface area contributed by atoms with Crippen LogP contribution in [0.25, 0.3) is 11.0 Å². The Morgan fingerprint density at radius 3 is 2.55 bits per heavy atom. The standard InChI is InChI=1S/C23H27Br2N3O/c1-2-3-4-5-6-7-10-13-28-21-12-9-8-11-20(21)27-23(28)26-16-17-14-18(24)15-19(25)22(17)29/h8-9,11-12,14-16,29H,2-7,10,13H2,1H3. The quantitative estimate of drug-likeness (QED) is 0.219. The molecule has 3 aromatic rings. The van der Waals surface area contributed by atoms with Gasteiger partial charge in [-0.3, -0.25) is 0 Å². The maximum atomic E-state index is 10.3. The molecule has 1 aromatic heterocycles. The van der Waals surface area contributed by atoms with Gasteiger partial charge in [0.25, 0.3) is 0 Å². The van der Waals surface area contributed by atoms with Gasteiger partial charge in [0.1, 0.15) is 5.75 Å². The third-order valence-electron chi connectivity index (χ3n) is 5.00. The predicted octanol–water partition coefficient (Wildman–Crippen LogP) is 7.77. The van der Waals surface area contributed by atoms with Crippen LogP contribution in [0, 0.1) is 0 Å². The summed E-state index contributed by atoms with van der Waals surface area (Å²) in [5, 5.41) is 10.3. The molecule has 0 spiro atoms. The zero-order valence-electron chi connectivity index (χ0n) is 16.7. The zero-order chi connectivity index (χ0) is 20.6. The number of hydrogen-bond donors (Lipinski definition) is 1. The normalized spacial score (nSPS) is 11.7. The van der Waals surface area contributed by atoms with Crippen molar-refractivity contribution in [2.75, 3.05) is 0 Å². The van der Waals surface area contributed by atoms with Crippen LogP contribution >= 0.6 is 31.9 Å². The highest BCUT2D eigenvalue weighted by atomic mass is 79.9. The Bertz CT molecular complexity index is 982. The van der Waals surface area contributed by atoms with Gasteiger partial charge in [-0.25, -0.2) is 9.98 Å². The number of aromatic hydroxyl groups is 1. The lowest BCUT2D eigenvalue weighted by atomic mass is 10.1. The molecule has 0 fully saturated rings. The molecule has 0 saturated carbocycles. The van der Waals surface area contributed by atoms with Crippen molar-refractivity contribution in [1.29, 1.82) is 0 Å². The van der Waals surface area contributed by atoms with Crippen molar-refractivity contribution in [1.82, 2.24) is 9.55 Å². The van der Waals surface area contributed by atoms with Gasteiger partial charge in [-0.15, -0.1) is 0 Å². The molecule has 6 heteroatoms. The minimum atomic E-state index is 0.173. The SMILES string of the molecule is CCCCCCCCCn1c(N=Cc2cc(Br)cc(Br)c2O)nc2ccccc21. The lowest BCUT2D eigenvalue weighted by Crippen LogP contribution is -1.98. The number of aryl methyl sites for hydroxylation is 1. The molecule has 0 unspecified atom stereocenters. The van der Waals surface area contributed by atoms with Gasteiger partial charge in [0.15, 0.2) is 0 Å². The Labute approximate surface area is 189 Å². The van der Waals surface area contributed by atoms with E-state index in [-0.39, 0.29) is 5.75 Å². The van der Waals surface area contributed by atoms with Crippen LogP contribution in [0.15, 0.2) is 50.3 Å². The lowest BCUT2D eigenvalue weighted by molar-refractivity contribution is 0.471. The van der Waals surface area contributed by atoms with Gasteiger partial charge in [0, 0.05) is 22.8 Å². The smallest absolute Gasteiger partial charge is 0.230 e. The summed E-state index contributed by atoms with van der Waals surface area (Å²) < 4.78 is 3.69. The number of para-hydroxylation sites is 2. The van der Waals surface area contributed by atoms with Gasteiger partial charge in [0.05, 0.1) is 15.5 Å². The van der Waals surface area contributed by atoms with Gasteiger partial charge in [0.2, 0.25) is 5.95 Å². The Morgan fingerprint density at radius 2 is 1.76 bits per heavy atom. The summed E-state index contributed by atoms with van der Waals surface area (Å²) in [7, 11) is 0. The number of halogens is 2. The van der Waals surface area contributed by atoms with Crippen LogP contribution in [0.2, 0.25) is 0 Å². The number of rotatable bonds is 10. The van der Waals surface area contributed by atoms with Crippen LogP contribution in [0.4, 0.5) is 5.95 Å². The molecule has 2 aromatic carbocycles. The molecule has 3 rings (SSSR count). The number of aliphatic imine (C=N–C) groups is 1. The Balaban J connectivity index is 1.76. The summed E-state index contributed by atoms with van der Waals surface area (Å²) in [4.78, 5) is 9.32. The van der Waals surface area contributed by atoms with Crippen molar-refractivity contribution >= 4 is 55.1 Å². The topological polar surface area (TPSA) is 50.4 Å². The first-order chi connectivity index (χ1) is 14.1. The highest BCUT2D eigenvalue weighted by molar-refractivity contribution is 9.11. The first-order valence-electron chi connectivity index (χ1n) is 10.3. The van der Waals surface area contributed by atoms with Gasteiger partial charge < -0.3 is 9.67 Å². The minimum Gasteiger partial charge on any atom is -0.506 e. The number of benzene rings is 2. The summed E-state index contributed by atoms with van der Waals surface area (Å²) in [6, 6.07) is 11.8. The summed E-state index contributed by atoms with van der Waals surface area (Å²) >= 11 is 6.82.